The van der Waals surface area contributed by atoms with E-state index in [2.05, 4.69) is 39.8 Å². The number of allylic oxidation sites excluding steroid dienone is 8. The van der Waals surface area contributed by atoms with E-state index in [9.17, 15) is 0 Å². The molecule has 2 heteroatoms. The van der Waals surface area contributed by atoms with Crippen LogP contribution in [-0.4, -0.2) is 0 Å². The van der Waals surface area contributed by atoms with Crippen molar-refractivity contribution in [2.24, 2.45) is 0 Å². The Hall–Kier alpha value is -0.647. The zero-order valence-corrected chi connectivity index (χ0v) is 17.0. The first-order valence-corrected chi connectivity index (χ1v) is 10.5. The standard InChI is InChI=1S/2C7H9.C6H5Cl.Zr/c2*1-6-4-3-5-7(6)2;7-6-4-2-1-3-5-6;/h2*4H,3H2,1-2H3;1-5H;. The van der Waals surface area contributed by atoms with E-state index in [1.807, 2.05) is 30.3 Å². The van der Waals surface area contributed by atoms with Gasteiger partial charge in [-0.25, -0.2) is 0 Å². The van der Waals surface area contributed by atoms with Crippen LogP contribution in [0.1, 0.15) is 40.5 Å². The van der Waals surface area contributed by atoms with Gasteiger partial charge in [-0.3, -0.25) is 0 Å². The molecule has 1 aromatic rings. The van der Waals surface area contributed by atoms with Crippen LogP contribution >= 0.6 is 11.6 Å². The third-order valence-corrected chi connectivity index (χ3v) is 8.93. The molecule has 1 aromatic carbocycles. The summed E-state index contributed by atoms with van der Waals surface area (Å²) in [7, 11) is 0. The zero-order valence-electron chi connectivity index (χ0n) is 13.8. The van der Waals surface area contributed by atoms with Crippen LogP contribution in [0, 0.1) is 0 Å². The Morgan fingerprint density at radius 1 is 0.773 bits per heavy atom. The molecule has 0 unspecified atom stereocenters. The molecule has 114 valence electrons. The van der Waals surface area contributed by atoms with Gasteiger partial charge >= 0.3 is 105 Å². The summed E-state index contributed by atoms with van der Waals surface area (Å²) in [4.78, 5) is 0. The van der Waals surface area contributed by atoms with E-state index in [0.717, 1.165) is 5.02 Å². The monoisotopic (exact) mass is 388 g/mol. The van der Waals surface area contributed by atoms with Gasteiger partial charge < -0.3 is 0 Å². The molecule has 22 heavy (non-hydrogen) atoms. The molecule has 0 fully saturated rings. The van der Waals surface area contributed by atoms with Crippen molar-refractivity contribution in [2.75, 3.05) is 0 Å². The Balaban J connectivity index is 0.000000211. The molecule has 0 heterocycles. The second kappa shape index (κ2) is 8.27. The maximum absolute atomic E-state index is 5.54. The summed E-state index contributed by atoms with van der Waals surface area (Å²) < 4.78 is 3.60. The van der Waals surface area contributed by atoms with Crippen LogP contribution in [0.3, 0.4) is 0 Å². The van der Waals surface area contributed by atoms with E-state index in [1.54, 1.807) is 17.7 Å². The fourth-order valence-corrected chi connectivity index (χ4v) is 6.42. The summed E-state index contributed by atoms with van der Waals surface area (Å²) in [5.41, 5.74) is 6.25. The molecule has 0 atom stereocenters. The number of hydrogen-bond acceptors (Lipinski definition) is 0. The molecule has 0 bridgehead atoms. The summed E-state index contributed by atoms with van der Waals surface area (Å²) in [5, 5.41) is 0.794. The summed E-state index contributed by atoms with van der Waals surface area (Å²) >= 11 is 5.10. The average Bonchev–Trinajstić information content (AvgIpc) is 2.99. The third-order valence-electron chi connectivity index (χ3n) is 4.35. The van der Waals surface area contributed by atoms with Crippen LogP contribution in [-0.2, 0) is 23.2 Å². The molecular weight excluding hydrogens is 367 g/mol. The second-order valence-corrected chi connectivity index (χ2v) is 9.83. The molecule has 2 aliphatic rings. The number of halogens is 1. The van der Waals surface area contributed by atoms with Crippen LogP contribution in [0.4, 0.5) is 0 Å². The van der Waals surface area contributed by atoms with Crippen molar-refractivity contribution in [2.45, 2.75) is 40.5 Å². The molecular formula is C20H23ClZr. The van der Waals surface area contributed by atoms with Crippen molar-refractivity contribution in [3.05, 3.63) is 76.4 Å². The van der Waals surface area contributed by atoms with E-state index in [-0.39, 0.29) is 0 Å². The van der Waals surface area contributed by atoms with Crippen molar-refractivity contribution in [1.29, 1.82) is 0 Å². The van der Waals surface area contributed by atoms with Crippen LogP contribution < -0.4 is 0 Å². The van der Waals surface area contributed by atoms with Gasteiger partial charge in [-0.2, -0.15) is 0 Å². The van der Waals surface area contributed by atoms with Gasteiger partial charge in [-0.15, -0.1) is 0 Å². The fourth-order valence-electron chi connectivity index (χ4n) is 2.49. The topological polar surface area (TPSA) is 0 Å². The normalized spacial score (nSPS) is 17.1. The van der Waals surface area contributed by atoms with Gasteiger partial charge in [0.1, 0.15) is 0 Å². The van der Waals surface area contributed by atoms with Gasteiger partial charge in [0.05, 0.1) is 0 Å². The fraction of sp³-hybridized carbons (Fsp3) is 0.300. The van der Waals surface area contributed by atoms with Gasteiger partial charge in [0.25, 0.3) is 0 Å². The minimum Gasteiger partial charge on any atom is -0.0843 e. The molecule has 0 amide bonds. The van der Waals surface area contributed by atoms with E-state index >= 15 is 0 Å². The minimum absolute atomic E-state index is 0.438. The summed E-state index contributed by atoms with van der Waals surface area (Å²) in [5.74, 6) is 0. The van der Waals surface area contributed by atoms with Crippen molar-refractivity contribution >= 4 is 11.6 Å². The molecule has 0 nitrogen and oxygen atoms in total. The first kappa shape index (κ1) is 17.7. The Morgan fingerprint density at radius 2 is 1.23 bits per heavy atom. The molecule has 0 radical (unpaired) electrons. The van der Waals surface area contributed by atoms with E-state index in [1.165, 1.54) is 24.0 Å². The van der Waals surface area contributed by atoms with Crippen molar-refractivity contribution in [3.8, 4) is 0 Å². The smallest absolute Gasteiger partial charge is 0.0405 e. The predicted octanol–water partition coefficient (Wildman–Crippen LogP) is 6.66. The third kappa shape index (κ3) is 4.67. The first-order valence-electron chi connectivity index (χ1n) is 7.70. The van der Waals surface area contributed by atoms with Crippen LogP contribution in [0.5, 0.6) is 0 Å². The molecule has 0 saturated carbocycles. The molecule has 0 aromatic heterocycles. The molecule has 0 spiro atoms. The number of rotatable bonds is 2. The maximum atomic E-state index is 5.54. The van der Waals surface area contributed by atoms with Crippen LogP contribution in [0.25, 0.3) is 0 Å². The summed E-state index contributed by atoms with van der Waals surface area (Å²) in [6.45, 7) is 9.11. The first-order chi connectivity index (χ1) is 10.5. The van der Waals surface area contributed by atoms with Gasteiger partial charge in [0.2, 0.25) is 0 Å². The van der Waals surface area contributed by atoms with E-state index in [0.29, 0.717) is 0 Å². The summed E-state index contributed by atoms with van der Waals surface area (Å²) in [6.07, 6.45) is 7.30. The van der Waals surface area contributed by atoms with E-state index in [4.69, 9.17) is 11.6 Å². The van der Waals surface area contributed by atoms with Gasteiger partial charge in [0.15, 0.2) is 0 Å². The van der Waals surface area contributed by atoms with Crippen LogP contribution in [0.15, 0.2) is 71.3 Å². The summed E-state index contributed by atoms with van der Waals surface area (Å²) in [6, 6.07) is 9.44. The second-order valence-electron chi connectivity index (χ2n) is 5.81. The number of benzene rings is 1. The van der Waals surface area contributed by atoms with Gasteiger partial charge in [-0.05, 0) is 12.1 Å². The Morgan fingerprint density at radius 3 is 1.50 bits per heavy atom. The molecule has 0 saturated heterocycles. The largest absolute Gasteiger partial charge is 0.0843 e. The van der Waals surface area contributed by atoms with Gasteiger partial charge in [0, 0.05) is 5.02 Å². The molecule has 2 aliphatic carbocycles. The molecule has 0 N–H and O–H groups in total. The van der Waals surface area contributed by atoms with Crippen LogP contribution in [0.2, 0.25) is 5.02 Å². The number of hydrogen-bond donors (Lipinski definition) is 0. The molecule has 3 rings (SSSR count). The zero-order chi connectivity index (χ0) is 16.1. The van der Waals surface area contributed by atoms with Crippen molar-refractivity contribution < 1.29 is 23.2 Å². The van der Waals surface area contributed by atoms with Crippen molar-refractivity contribution in [1.82, 2.24) is 0 Å². The predicted molar refractivity (Wildman–Crippen MR) is 93.6 cm³/mol. The SMILES string of the molecule is CC1=CC[C]([Zr][C]2=C(C)C(C)=CC2)=C1C.Clc1ccccc1. The molecule has 0 aliphatic heterocycles. The van der Waals surface area contributed by atoms with Crippen molar-refractivity contribution in [3.63, 3.8) is 0 Å². The Labute approximate surface area is 151 Å². The Kier molecular flexibility index (Phi) is 6.66. The average molecular weight is 390 g/mol. The van der Waals surface area contributed by atoms with Gasteiger partial charge in [-0.1, -0.05) is 29.8 Å². The Bertz CT molecular complexity index is 620. The quantitative estimate of drug-likeness (QED) is 0.530. The van der Waals surface area contributed by atoms with E-state index < -0.39 is 23.2 Å². The minimum atomic E-state index is -0.438. The maximum Gasteiger partial charge on any atom is 0.0405 e.